The highest BCUT2D eigenvalue weighted by atomic mass is 35.7. The highest BCUT2D eigenvalue weighted by Gasteiger charge is 2.65. The van der Waals surface area contributed by atoms with E-state index in [4.69, 9.17) is 34.4 Å². The second-order valence-corrected chi connectivity index (χ2v) is 8.61. The van der Waals surface area contributed by atoms with Crippen molar-refractivity contribution in [2.45, 2.75) is 63.4 Å². The third-order valence-electron chi connectivity index (χ3n) is 3.68. The lowest BCUT2D eigenvalue weighted by molar-refractivity contribution is -0.290. The van der Waals surface area contributed by atoms with Gasteiger partial charge in [-0.05, 0) is 27.7 Å². The molecular formula is C12H19ClO8S. The summed E-state index contributed by atoms with van der Waals surface area (Å²) < 4.78 is 55.8. The molecule has 0 unspecified atom stereocenters. The first-order valence-electron chi connectivity index (χ1n) is 6.88. The second-order valence-electron chi connectivity index (χ2n) is 6.46. The first kappa shape index (κ1) is 16.8. The van der Waals surface area contributed by atoms with Crippen LogP contribution in [0.15, 0.2) is 0 Å². The fraction of sp³-hybridized carbons (Fsp3) is 1.00. The van der Waals surface area contributed by atoms with Gasteiger partial charge in [-0.1, -0.05) is 0 Å². The van der Waals surface area contributed by atoms with Crippen LogP contribution < -0.4 is 0 Å². The minimum atomic E-state index is -4.16. The summed E-state index contributed by atoms with van der Waals surface area (Å²) in [6.07, 6.45) is -1.51. The number of halogens is 1. The number of hydrogen-bond acceptors (Lipinski definition) is 8. The molecule has 3 saturated heterocycles. The number of hydrogen-bond donors (Lipinski definition) is 0. The van der Waals surface area contributed by atoms with Crippen LogP contribution in [0.3, 0.4) is 0 Å². The van der Waals surface area contributed by atoms with Gasteiger partial charge in [-0.3, -0.25) is 4.18 Å². The van der Waals surface area contributed by atoms with Crippen LogP contribution in [0.25, 0.3) is 0 Å². The van der Waals surface area contributed by atoms with Gasteiger partial charge >= 0.3 is 9.33 Å². The Kier molecular flexibility index (Phi) is 3.83. The zero-order valence-electron chi connectivity index (χ0n) is 12.7. The molecule has 128 valence electrons. The standard InChI is InChI=1S/C12H19ClO8S/c1-10(2)18-7-5-16-12(6-17-22(13,14)15)9(8(7)19-10)20-11(3,4)21-12/h7-9H,5-6H2,1-4H3/t7-,8-,9+,12+/m1/s1. The van der Waals surface area contributed by atoms with Crippen molar-refractivity contribution >= 4 is 20.0 Å². The maximum atomic E-state index is 11.1. The summed E-state index contributed by atoms with van der Waals surface area (Å²) >= 11 is 0. The van der Waals surface area contributed by atoms with Crippen molar-refractivity contribution in [2.24, 2.45) is 0 Å². The Hall–Kier alpha value is -0.0000000000000000694. The van der Waals surface area contributed by atoms with Crippen LogP contribution in [0.4, 0.5) is 0 Å². The van der Waals surface area contributed by atoms with E-state index in [0.29, 0.717) is 0 Å². The van der Waals surface area contributed by atoms with Gasteiger partial charge in [0.2, 0.25) is 5.79 Å². The van der Waals surface area contributed by atoms with Crippen LogP contribution in [0, 0.1) is 0 Å². The van der Waals surface area contributed by atoms with Crippen LogP contribution in [0.2, 0.25) is 0 Å². The molecule has 0 aromatic heterocycles. The fourth-order valence-electron chi connectivity index (χ4n) is 3.10. The van der Waals surface area contributed by atoms with Gasteiger partial charge in [0.05, 0.1) is 6.61 Å². The van der Waals surface area contributed by atoms with Crippen molar-refractivity contribution in [1.29, 1.82) is 0 Å². The molecule has 4 atom stereocenters. The zero-order chi connectivity index (χ0) is 16.4. The third kappa shape index (κ3) is 3.13. The van der Waals surface area contributed by atoms with E-state index in [0.717, 1.165) is 0 Å². The summed E-state index contributed by atoms with van der Waals surface area (Å²) in [5.41, 5.74) is 0. The number of fused-ring (bicyclic) bond motifs is 3. The maximum Gasteiger partial charge on any atom is 0.355 e. The third-order valence-corrected chi connectivity index (χ3v) is 4.34. The molecule has 0 aromatic rings. The lowest BCUT2D eigenvalue weighted by Gasteiger charge is -2.39. The minimum absolute atomic E-state index is 0.162. The number of ether oxygens (including phenoxy) is 5. The van der Waals surface area contributed by atoms with Crippen molar-refractivity contribution in [1.82, 2.24) is 0 Å². The predicted octanol–water partition coefficient (Wildman–Crippen LogP) is 0.885. The quantitative estimate of drug-likeness (QED) is 0.687. The highest BCUT2D eigenvalue weighted by molar-refractivity contribution is 8.09. The highest BCUT2D eigenvalue weighted by Crippen LogP contribution is 2.47. The van der Waals surface area contributed by atoms with Gasteiger partial charge in [0, 0.05) is 10.7 Å². The molecule has 22 heavy (non-hydrogen) atoms. The second kappa shape index (κ2) is 5.00. The molecule has 0 saturated carbocycles. The van der Waals surface area contributed by atoms with Crippen LogP contribution in [-0.4, -0.2) is 57.3 Å². The van der Waals surface area contributed by atoms with E-state index in [1.165, 1.54) is 0 Å². The largest absolute Gasteiger partial charge is 0.355 e. The minimum Gasteiger partial charge on any atom is -0.343 e. The molecule has 0 aliphatic carbocycles. The Morgan fingerprint density at radius 1 is 1.14 bits per heavy atom. The van der Waals surface area contributed by atoms with E-state index in [1.807, 2.05) is 0 Å². The molecule has 0 spiro atoms. The smallest absolute Gasteiger partial charge is 0.343 e. The molecule has 0 N–H and O–H groups in total. The summed E-state index contributed by atoms with van der Waals surface area (Å²) in [4.78, 5) is 0. The Morgan fingerprint density at radius 3 is 2.45 bits per heavy atom. The Balaban J connectivity index is 1.87. The average Bonchev–Trinajstić information content (AvgIpc) is 2.78. The lowest BCUT2D eigenvalue weighted by Crippen LogP contribution is -2.60. The summed E-state index contributed by atoms with van der Waals surface area (Å²) in [6.45, 7) is 6.69. The number of rotatable bonds is 3. The Bertz CT molecular complexity index is 561. The fourth-order valence-corrected chi connectivity index (χ4v) is 3.54. The predicted molar refractivity (Wildman–Crippen MR) is 73.3 cm³/mol. The van der Waals surface area contributed by atoms with Crippen molar-refractivity contribution in [2.75, 3.05) is 13.2 Å². The van der Waals surface area contributed by atoms with Crippen molar-refractivity contribution < 1.29 is 36.3 Å². The summed E-state index contributed by atoms with van der Waals surface area (Å²) in [7, 11) is 0.944. The van der Waals surface area contributed by atoms with Crippen LogP contribution in [0.5, 0.6) is 0 Å². The summed E-state index contributed by atoms with van der Waals surface area (Å²) in [6, 6.07) is 0. The first-order valence-corrected chi connectivity index (χ1v) is 9.12. The van der Waals surface area contributed by atoms with E-state index in [9.17, 15) is 8.42 Å². The van der Waals surface area contributed by atoms with E-state index in [-0.39, 0.29) is 12.7 Å². The molecule has 0 amide bonds. The van der Waals surface area contributed by atoms with Crippen molar-refractivity contribution in [3.8, 4) is 0 Å². The van der Waals surface area contributed by atoms with Gasteiger partial charge in [0.1, 0.15) is 24.9 Å². The first-order chi connectivity index (χ1) is 9.92. The average molecular weight is 359 g/mol. The molecule has 3 aliphatic heterocycles. The maximum absolute atomic E-state index is 11.1. The molecule has 0 radical (unpaired) electrons. The molecule has 0 aromatic carbocycles. The van der Waals surface area contributed by atoms with Crippen LogP contribution in [-0.2, 0) is 37.2 Å². The molecular weight excluding hydrogens is 340 g/mol. The Labute approximate surface area is 133 Å². The zero-order valence-corrected chi connectivity index (χ0v) is 14.3. The van der Waals surface area contributed by atoms with E-state index < -0.39 is 45.5 Å². The van der Waals surface area contributed by atoms with E-state index >= 15 is 0 Å². The van der Waals surface area contributed by atoms with E-state index in [2.05, 4.69) is 4.18 Å². The molecule has 0 bridgehead atoms. The van der Waals surface area contributed by atoms with Crippen LogP contribution >= 0.6 is 10.7 Å². The van der Waals surface area contributed by atoms with Gasteiger partial charge in [-0.2, -0.15) is 8.42 Å². The molecule has 3 rings (SSSR count). The van der Waals surface area contributed by atoms with E-state index in [1.54, 1.807) is 27.7 Å². The molecule has 3 heterocycles. The van der Waals surface area contributed by atoms with Gasteiger partial charge in [-0.15, -0.1) is 0 Å². The monoisotopic (exact) mass is 358 g/mol. The van der Waals surface area contributed by atoms with Crippen molar-refractivity contribution in [3.05, 3.63) is 0 Å². The summed E-state index contributed by atoms with van der Waals surface area (Å²) in [5.74, 6) is -3.20. The van der Waals surface area contributed by atoms with Gasteiger partial charge in [0.15, 0.2) is 11.6 Å². The molecule has 10 heteroatoms. The van der Waals surface area contributed by atoms with Gasteiger partial charge in [0.25, 0.3) is 0 Å². The molecule has 8 nitrogen and oxygen atoms in total. The SMILES string of the molecule is CC1(C)O[C@@H]2[C@@H](CO[C@@]3(COS(=O)(=O)Cl)OC(C)(C)O[C@@H]23)O1. The molecule has 3 fully saturated rings. The van der Waals surface area contributed by atoms with Crippen LogP contribution in [0.1, 0.15) is 27.7 Å². The van der Waals surface area contributed by atoms with Gasteiger partial charge in [-0.25, -0.2) is 0 Å². The Morgan fingerprint density at radius 2 is 1.82 bits per heavy atom. The van der Waals surface area contributed by atoms with Crippen molar-refractivity contribution in [3.63, 3.8) is 0 Å². The topological polar surface area (TPSA) is 89.5 Å². The molecule has 3 aliphatic rings. The normalized spacial score (nSPS) is 42.9. The lowest BCUT2D eigenvalue weighted by atomic mass is 9.98. The summed E-state index contributed by atoms with van der Waals surface area (Å²) in [5, 5.41) is 0. The van der Waals surface area contributed by atoms with Gasteiger partial charge < -0.3 is 23.7 Å².